The summed E-state index contributed by atoms with van der Waals surface area (Å²) in [5.41, 5.74) is 6.06. The fourth-order valence-corrected chi connectivity index (χ4v) is 2.39. The van der Waals surface area contributed by atoms with Gasteiger partial charge < -0.3 is 25.1 Å². The van der Waals surface area contributed by atoms with Gasteiger partial charge in [-0.25, -0.2) is 4.98 Å². The molecule has 1 heterocycles. The van der Waals surface area contributed by atoms with E-state index >= 15 is 0 Å². The van der Waals surface area contributed by atoms with Gasteiger partial charge in [-0.15, -0.1) is 0 Å². The normalized spacial score (nSPS) is 10.4. The number of carbonyl (C=O) groups is 2. The minimum Gasteiger partial charge on any atom is -0.503 e. The molecule has 34 heavy (non-hydrogen) atoms. The van der Waals surface area contributed by atoms with Crippen molar-refractivity contribution in [2.75, 3.05) is 13.7 Å². The van der Waals surface area contributed by atoms with Crippen molar-refractivity contribution in [3.05, 3.63) is 84.2 Å². The van der Waals surface area contributed by atoms with Crippen LogP contribution in [-0.4, -0.2) is 41.8 Å². The Kier molecular flexibility index (Phi) is 12.9. The summed E-state index contributed by atoms with van der Waals surface area (Å²) in [6, 6.07) is 21.2. The molecule has 1 aromatic heterocycles. The van der Waals surface area contributed by atoms with E-state index in [1.54, 1.807) is 6.92 Å². The first-order chi connectivity index (χ1) is 16.3. The maximum absolute atomic E-state index is 10.9. The van der Waals surface area contributed by atoms with Gasteiger partial charge in [-0.3, -0.25) is 9.59 Å². The molecule has 0 spiro atoms. The van der Waals surface area contributed by atoms with E-state index in [1.165, 1.54) is 24.9 Å². The van der Waals surface area contributed by atoms with Crippen LogP contribution in [0.3, 0.4) is 0 Å². The van der Waals surface area contributed by atoms with Gasteiger partial charge in [0, 0.05) is 18.7 Å². The van der Waals surface area contributed by atoms with Crippen LogP contribution in [0.5, 0.6) is 17.2 Å². The molecule has 1 atom stereocenters. The minimum atomic E-state index is -0.786. The van der Waals surface area contributed by atoms with Crippen molar-refractivity contribution >= 4 is 11.9 Å². The average molecular weight is 469 g/mol. The van der Waals surface area contributed by atoms with Crippen molar-refractivity contribution in [1.29, 1.82) is 0 Å². The number of esters is 1. The Balaban J connectivity index is 0.000000271. The van der Waals surface area contributed by atoms with Crippen molar-refractivity contribution in [3.63, 3.8) is 0 Å². The lowest BCUT2D eigenvalue weighted by molar-refractivity contribution is -0.145. The molecule has 1 unspecified atom stereocenters. The smallest absolute Gasteiger partial charge is 0.305 e. The number of methoxy groups -OCH3 is 1. The summed E-state index contributed by atoms with van der Waals surface area (Å²) >= 11 is 0. The molecule has 3 N–H and O–H groups in total. The lowest BCUT2D eigenvalue weighted by Gasteiger charge is -2.14. The van der Waals surface area contributed by atoms with Crippen molar-refractivity contribution in [3.8, 4) is 17.2 Å². The van der Waals surface area contributed by atoms with E-state index in [0.717, 1.165) is 5.75 Å². The Labute approximate surface area is 200 Å². The van der Waals surface area contributed by atoms with Crippen LogP contribution in [0.25, 0.3) is 0 Å². The molecule has 3 rings (SSSR count). The van der Waals surface area contributed by atoms with Gasteiger partial charge in [0.15, 0.2) is 17.2 Å². The van der Waals surface area contributed by atoms with Gasteiger partial charge in [0.05, 0.1) is 7.11 Å². The summed E-state index contributed by atoms with van der Waals surface area (Å²) in [6.07, 6.45) is 1.61. The number of hydrogen-bond acceptors (Lipinski definition) is 7. The molecule has 0 fully saturated rings. The number of ether oxygens (including phenoxy) is 3. The van der Waals surface area contributed by atoms with Gasteiger partial charge in [-0.05, 0) is 26.0 Å². The van der Waals surface area contributed by atoms with E-state index in [9.17, 15) is 14.7 Å². The Morgan fingerprint density at radius 3 is 2.09 bits per heavy atom. The third-order valence-corrected chi connectivity index (χ3v) is 4.13. The number of nitrogens with zero attached hydrogens (tertiary/aromatic N) is 1. The number of rotatable bonds is 7. The predicted molar refractivity (Wildman–Crippen MR) is 130 cm³/mol. The van der Waals surface area contributed by atoms with Crippen LogP contribution < -0.4 is 15.2 Å². The second kappa shape index (κ2) is 15.7. The fourth-order valence-electron chi connectivity index (χ4n) is 2.39. The van der Waals surface area contributed by atoms with Crippen LogP contribution in [0.4, 0.5) is 0 Å². The summed E-state index contributed by atoms with van der Waals surface area (Å²) < 4.78 is 15.2. The third kappa shape index (κ3) is 11.0. The van der Waals surface area contributed by atoms with Gasteiger partial charge in [-0.2, -0.15) is 0 Å². The molecule has 182 valence electrons. The Morgan fingerprint density at radius 1 is 1.03 bits per heavy atom. The molecule has 0 saturated carbocycles. The number of aryl methyl sites for hydroxylation is 1. The van der Waals surface area contributed by atoms with Gasteiger partial charge in [0.25, 0.3) is 5.91 Å². The number of pyridine rings is 1. The standard InChI is InChI=1S/C12H16O3.C7H8N2O3.C7H8/c1-3-12(13)14-9-10(2)15-11-7-5-4-6-8-11;1-12-4-2-3-9-5(6(4)10)7(8)11;1-7-5-3-2-4-6-7/h4-8,10H,3,9H2,1-2H3;2-3,10H,1H3,(H2,8,11);2-6H,1H3. The molecule has 8 heteroatoms. The number of amides is 1. The number of nitrogens with two attached hydrogens (primary N) is 1. The highest BCUT2D eigenvalue weighted by Crippen LogP contribution is 2.26. The zero-order valence-corrected chi connectivity index (χ0v) is 19.9. The maximum atomic E-state index is 10.9. The predicted octanol–water partition coefficient (Wildman–Crippen LogP) is 4.30. The lowest BCUT2D eigenvalue weighted by Crippen LogP contribution is -2.21. The highest BCUT2D eigenvalue weighted by molar-refractivity contribution is 5.94. The van der Waals surface area contributed by atoms with E-state index in [0.29, 0.717) is 13.0 Å². The van der Waals surface area contributed by atoms with Crippen molar-refractivity contribution in [1.82, 2.24) is 4.98 Å². The third-order valence-electron chi connectivity index (χ3n) is 4.13. The molecule has 0 aliphatic rings. The summed E-state index contributed by atoms with van der Waals surface area (Å²) in [5, 5.41) is 9.27. The number of para-hydroxylation sites is 1. The molecule has 1 amide bonds. The Morgan fingerprint density at radius 2 is 1.62 bits per heavy atom. The van der Waals surface area contributed by atoms with E-state index in [1.807, 2.05) is 55.5 Å². The summed E-state index contributed by atoms with van der Waals surface area (Å²) in [5.74, 6) is -0.339. The number of benzene rings is 2. The second-order valence-corrected chi connectivity index (χ2v) is 7.01. The van der Waals surface area contributed by atoms with Crippen molar-refractivity contribution < 1.29 is 28.9 Å². The molecular formula is C26H32N2O6. The Bertz CT molecular complexity index is 997. The van der Waals surface area contributed by atoms with Crippen LogP contribution >= 0.6 is 0 Å². The van der Waals surface area contributed by atoms with Crippen LogP contribution in [0, 0.1) is 6.92 Å². The molecule has 2 aromatic carbocycles. The fraction of sp³-hybridized carbons (Fsp3) is 0.269. The van der Waals surface area contributed by atoms with E-state index in [-0.39, 0.29) is 29.3 Å². The number of carbonyl (C=O) groups excluding carboxylic acids is 2. The number of hydrogen-bond donors (Lipinski definition) is 2. The highest BCUT2D eigenvalue weighted by Gasteiger charge is 2.12. The Hall–Kier alpha value is -4.07. The zero-order valence-electron chi connectivity index (χ0n) is 19.9. The maximum Gasteiger partial charge on any atom is 0.305 e. The zero-order chi connectivity index (χ0) is 25.3. The monoisotopic (exact) mass is 468 g/mol. The van der Waals surface area contributed by atoms with E-state index < -0.39 is 5.91 Å². The van der Waals surface area contributed by atoms with E-state index in [4.69, 9.17) is 19.9 Å². The molecule has 3 aromatic rings. The molecule has 0 aliphatic heterocycles. The van der Waals surface area contributed by atoms with Crippen molar-refractivity contribution in [2.45, 2.75) is 33.3 Å². The van der Waals surface area contributed by atoms with Crippen molar-refractivity contribution in [2.24, 2.45) is 5.73 Å². The van der Waals surface area contributed by atoms with Gasteiger partial charge >= 0.3 is 5.97 Å². The summed E-state index contributed by atoms with van der Waals surface area (Å²) in [6.45, 7) is 6.02. The quantitative estimate of drug-likeness (QED) is 0.496. The van der Waals surface area contributed by atoms with Gasteiger partial charge in [0.1, 0.15) is 18.5 Å². The second-order valence-electron chi connectivity index (χ2n) is 7.01. The van der Waals surface area contributed by atoms with Crippen LogP contribution in [0.15, 0.2) is 72.9 Å². The SMILES string of the molecule is CCC(=O)OCC(C)Oc1ccccc1.COc1ccnc(C(N)=O)c1O.Cc1ccccc1. The topological polar surface area (TPSA) is 121 Å². The number of aromatic hydroxyl groups is 1. The molecule has 0 radical (unpaired) electrons. The molecule has 0 saturated heterocycles. The summed E-state index contributed by atoms with van der Waals surface area (Å²) in [7, 11) is 1.37. The first-order valence-corrected chi connectivity index (χ1v) is 10.7. The van der Waals surface area contributed by atoms with Crippen LogP contribution in [0.1, 0.15) is 36.3 Å². The first-order valence-electron chi connectivity index (χ1n) is 10.7. The number of aromatic nitrogens is 1. The largest absolute Gasteiger partial charge is 0.503 e. The minimum absolute atomic E-state index is 0.122. The lowest BCUT2D eigenvalue weighted by atomic mass is 10.2. The molecule has 0 bridgehead atoms. The molecule has 8 nitrogen and oxygen atoms in total. The molecular weight excluding hydrogens is 436 g/mol. The molecule has 0 aliphatic carbocycles. The summed E-state index contributed by atoms with van der Waals surface area (Å²) in [4.78, 5) is 25.1. The van der Waals surface area contributed by atoms with E-state index in [2.05, 4.69) is 24.0 Å². The van der Waals surface area contributed by atoms with Gasteiger partial charge in [0.2, 0.25) is 0 Å². The van der Waals surface area contributed by atoms with Crippen LogP contribution in [-0.2, 0) is 9.53 Å². The average Bonchev–Trinajstić information content (AvgIpc) is 2.84. The number of primary amides is 1. The highest BCUT2D eigenvalue weighted by atomic mass is 16.6. The van der Waals surface area contributed by atoms with Crippen LogP contribution in [0.2, 0.25) is 0 Å². The van der Waals surface area contributed by atoms with Gasteiger partial charge in [-0.1, -0.05) is 61.0 Å². The first kappa shape index (κ1) is 28.0.